The smallest absolute Gasteiger partial charge is 0.329 e. The van der Waals surface area contributed by atoms with Crippen LogP contribution in [-0.2, 0) is 9.59 Å². The van der Waals surface area contributed by atoms with Crippen LogP contribution in [0.2, 0.25) is 0 Å². The van der Waals surface area contributed by atoms with Gasteiger partial charge in [-0.05, 0) is 30.5 Å². The molecule has 1 aliphatic rings. The molecular weight excluding hydrogens is 338 g/mol. The molecule has 114 valence electrons. The number of halogens is 1. The van der Waals surface area contributed by atoms with Crippen LogP contribution in [0.4, 0.5) is 0 Å². The minimum atomic E-state index is -1.36. The Labute approximate surface area is 131 Å². The first-order valence-corrected chi connectivity index (χ1v) is 7.73. The summed E-state index contributed by atoms with van der Waals surface area (Å²) in [5, 5.41) is 22.1. The summed E-state index contributed by atoms with van der Waals surface area (Å²) in [6.07, 6.45) is 1.95. The standard InChI is InChI=1S/C15H18BrNO4/c16-11-6-4-10(5-7-11)12(18)13(19)17-15(14(20)21)8-2-1-3-9-15/h4-7,12,18H,1-3,8-9H2,(H,17,19)(H,20,21). The van der Waals surface area contributed by atoms with Gasteiger partial charge in [0, 0.05) is 4.47 Å². The van der Waals surface area contributed by atoms with Crippen LogP contribution >= 0.6 is 15.9 Å². The molecule has 1 unspecified atom stereocenters. The van der Waals surface area contributed by atoms with E-state index < -0.39 is 23.5 Å². The van der Waals surface area contributed by atoms with Crippen molar-refractivity contribution in [2.45, 2.75) is 43.7 Å². The predicted molar refractivity (Wildman–Crippen MR) is 80.7 cm³/mol. The first-order chi connectivity index (χ1) is 9.94. The number of hydrogen-bond donors (Lipinski definition) is 3. The van der Waals surface area contributed by atoms with E-state index in [0.29, 0.717) is 18.4 Å². The van der Waals surface area contributed by atoms with Crippen molar-refractivity contribution in [1.82, 2.24) is 5.32 Å². The SMILES string of the molecule is O=C(NC1(C(=O)O)CCCCC1)C(O)c1ccc(Br)cc1. The van der Waals surface area contributed by atoms with Crippen molar-refractivity contribution in [2.75, 3.05) is 0 Å². The van der Waals surface area contributed by atoms with E-state index in [1.165, 1.54) is 0 Å². The summed E-state index contributed by atoms with van der Waals surface area (Å²) in [6, 6.07) is 6.70. The molecule has 2 rings (SSSR count). The second-order valence-corrected chi connectivity index (χ2v) is 6.31. The van der Waals surface area contributed by atoms with Crippen molar-refractivity contribution in [3.8, 4) is 0 Å². The molecule has 6 heteroatoms. The van der Waals surface area contributed by atoms with E-state index in [-0.39, 0.29) is 0 Å². The lowest BCUT2D eigenvalue weighted by atomic mass is 9.81. The number of aliphatic hydroxyl groups excluding tert-OH is 1. The van der Waals surface area contributed by atoms with Crippen LogP contribution in [0.25, 0.3) is 0 Å². The fourth-order valence-corrected chi connectivity index (χ4v) is 2.91. The summed E-state index contributed by atoms with van der Waals surface area (Å²) in [6.45, 7) is 0. The Morgan fingerprint density at radius 3 is 2.24 bits per heavy atom. The average Bonchev–Trinajstić information content (AvgIpc) is 2.48. The summed E-state index contributed by atoms with van der Waals surface area (Å²) < 4.78 is 0.841. The average molecular weight is 356 g/mol. The van der Waals surface area contributed by atoms with E-state index in [2.05, 4.69) is 21.2 Å². The predicted octanol–water partition coefficient (Wildman–Crippen LogP) is 2.39. The van der Waals surface area contributed by atoms with Gasteiger partial charge in [-0.15, -0.1) is 0 Å². The van der Waals surface area contributed by atoms with Crippen molar-refractivity contribution in [1.29, 1.82) is 0 Å². The van der Waals surface area contributed by atoms with Crippen LogP contribution in [0.5, 0.6) is 0 Å². The van der Waals surface area contributed by atoms with Gasteiger partial charge in [0.05, 0.1) is 0 Å². The molecule has 21 heavy (non-hydrogen) atoms. The van der Waals surface area contributed by atoms with Gasteiger partial charge >= 0.3 is 5.97 Å². The number of hydrogen-bond acceptors (Lipinski definition) is 3. The first kappa shape index (κ1) is 16.0. The van der Waals surface area contributed by atoms with Crippen molar-refractivity contribution in [2.24, 2.45) is 0 Å². The molecule has 1 aromatic carbocycles. The molecule has 1 amide bonds. The maximum absolute atomic E-state index is 12.2. The maximum Gasteiger partial charge on any atom is 0.329 e. The Hall–Kier alpha value is -1.40. The molecule has 5 nitrogen and oxygen atoms in total. The van der Waals surface area contributed by atoms with Gasteiger partial charge in [-0.1, -0.05) is 47.3 Å². The van der Waals surface area contributed by atoms with Gasteiger partial charge in [0.15, 0.2) is 6.10 Å². The van der Waals surface area contributed by atoms with Gasteiger partial charge in [-0.3, -0.25) is 4.79 Å². The molecule has 0 radical (unpaired) electrons. The number of aliphatic carboxylic acids is 1. The van der Waals surface area contributed by atoms with E-state index in [0.717, 1.165) is 23.7 Å². The molecule has 0 aromatic heterocycles. The molecule has 1 aliphatic carbocycles. The van der Waals surface area contributed by atoms with E-state index in [4.69, 9.17) is 0 Å². The zero-order chi connectivity index (χ0) is 15.5. The monoisotopic (exact) mass is 355 g/mol. The minimum absolute atomic E-state index is 0.404. The summed E-state index contributed by atoms with van der Waals surface area (Å²) in [5.41, 5.74) is -0.807. The topological polar surface area (TPSA) is 86.6 Å². The third kappa shape index (κ3) is 3.63. The van der Waals surface area contributed by atoms with E-state index >= 15 is 0 Å². The summed E-state index contributed by atoms with van der Waals surface area (Å²) in [5.74, 6) is -1.69. The lowest BCUT2D eigenvalue weighted by Gasteiger charge is -2.34. The van der Waals surface area contributed by atoms with Crippen LogP contribution in [0.3, 0.4) is 0 Å². The lowest BCUT2D eigenvalue weighted by molar-refractivity contribution is -0.151. The van der Waals surface area contributed by atoms with Crippen molar-refractivity contribution in [3.05, 3.63) is 34.3 Å². The van der Waals surface area contributed by atoms with E-state index in [1.807, 2.05) is 0 Å². The van der Waals surface area contributed by atoms with E-state index in [1.54, 1.807) is 24.3 Å². The van der Waals surface area contributed by atoms with E-state index in [9.17, 15) is 19.8 Å². The number of rotatable bonds is 4. The highest BCUT2D eigenvalue weighted by Gasteiger charge is 2.42. The Bertz CT molecular complexity index is 523. The molecule has 1 saturated carbocycles. The third-order valence-electron chi connectivity index (χ3n) is 3.91. The van der Waals surface area contributed by atoms with Gasteiger partial charge in [0.25, 0.3) is 5.91 Å². The maximum atomic E-state index is 12.2. The molecule has 1 aromatic rings. The van der Waals surface area contributed by atoms with Crippen LogP contribution in [0.15, 0.2) is 28.7 Å². The fraction of sp³-hybridized carbons (Fsp3) is 0.467. The Morgan fingerprint density at radius 2 is 1.71 bits per heavy atom. The normalized spacial score (nSPS) is 18.8. The van der Waals surface area contributed by atoms with Crippen molar-refractivity contribution in [3.63, 3.8) is 0 Å². The number of benzene rings is 1. The number of carbonyl (C=O) groups is 2. The highest BCUT2D eigenvalue weighted by molar-refractivity contribution is 9.10. The van der Waals surface area contributed by atoms with Gasteiger partial charge in [0.2, 0.25) is 0 Å². The Balaban J connectivity index is 2.11. The third-order valence-corrected chi connectivity index (χ3v) is 4.44. The highest BCUT2D eigenvalue weighted by atomic mass is 79.9. The second-order valence-electron chi connectivity index (χ2n) is 5.39. The first-order valence-electron chi connectivity index (χ1n) is 6.93. The number of aliphatic hydroxyl groups is 1. The molecule has 0 heterocycles. The number of carbonyl (C=O) groups excluding carboxylic acids is 1. The zero-order valence-electron chi connectivity index (χ0n) is 11.5. The van der Waals surface area contributed by atoms with Gasteiger partial charge < -0.3 is 15.5 Å². The second kappa shape index (κ2) is 6.58. The van der Waals surface area contributed by atoms with Gasteiger partial charge in [-0.25, -0.2) is 4.79 Å². The Kier molecular flexibility index (Phi) is 5.00. The number of carboxylic acids is 1. The highest BCUT2D eigenvalue weighted by Crippen LogP contribution is 2.29. The zero-order valence-corrected chi connectivity index (χ0v) is 13.1. The number of amides is 1. The lowest BCUT2D eigenvalue weighted by Crippen LogP contribution is -2.56. The fourth-order valence-electron chi connectivity index (χ4n) is 2.65. The van der Waals surface area contributed by atoms with Crippen LogP contribution in [0.1, 0.15) is 43.8 Å². The van der Waals surface area contributed by atoms with Crippen molar-refractivity contribution >= 4 is 27.8 Å². The van der Waals surface area contributed by atoms with Crippen LogP contribution in [-0.4, -0.2) is 27.6 Å². The summed E-state index contributed by atoms with van der Waals surface area (Å²) >= 11 is 3.28. The summed E-state index contributed by atoms with van der Waals surface area (Å²) in [4.78, 5) is 23.7. The molecule has 0 saturated heterocycles. The quantitative estimate of drug-likeness (QED) is 0.773. The summed E-state index contributed by atoms with van der Waals surface area (Å²) in [7, 11) is 0. The van der Waals surface area contributed by atoms with Crippen LogP contribution in [0, 0.1) is 0 Å². The molecule has 1 atom stereocenters. The van der Waals surface area contributed by atoms with Gasteiger partial charge in [0.1, 0.15) is 5.54 Å². The minimum Gasteiger partial charge on any atom is -0.480 e. The molecule has 0 aliphatic heterocycles. The molecule has 1 fully saturated rings. The molecular formula is C15H18BrNO4. The Morgan fingerprint density at radius 1 is 1.14 bits per heavy atom. The number of carboxylic acid groups (broad SMARTS) is 1. The molecule has 3 N–H and O–H groups in total. The number of nitrogens with one attached hydrogen (secondary N) is 1. The molecule has 0 bridgehead atoms. The van der Waals surface area contributed by atoms with Crippen molar-refractivity contribution < 1.29 is 19.8 Å². The molecule has 0 spiro atoms. The van der Waals surface area contributed by atoms with Crippen LogP contribution < -0.4 is 5.32 Å². The largest absolute Gasteiger partial charge is 0.480 e. The van der Waals surface area contributed by atoms with Gasteiger partial charge in [-0.2, -0.15) is 0 Å².